The predicted octanol–water partition coefficient (Wildman–Crippen LogP) is 1.64. The lowest BCUT2D eigenvalue weighted by molar-refractivity contribution is 0.112. The molecule has 2 aliphatic rings. The molecule has 0 radical (unpaired) electrons. The Morgan fingerprint density at radius 1 is 1.40 bits per heavy atom. The highest BCUT2D eigenvalue weighted by Crippen LogP contribution is 2.34. The van der Waals surface area contributed by atoms with Gasteiger partial charge in [0.2, 0.25) is 0 Å². The highest BCUT2D eigenvalue weighted by molar-refractivity contribution is 7.12. The van der Waals surface area contributed by atoms with Crippen LogP contribution in [0.4, 0.5) is 5.69 Å². The molecule has 2 aliphatic heterocycles. The van der Waals surface area contributed by atoms with Crippen LogP contribution in [0.3, 0.4) is 0 Å². The van der Waals surface area contributed by atoms with Crippen molar-refractivity contribution in [3.05, 3.63) is 16.3 Å². The monoisotopic (exact) mass is 223 g/mol. The first-order chi connectivity index (χ1) is 7.36. The summed E-state index contributed by atoms with van der Waals surface area (Å²) in [6.07, 6.45) is 0.925. The lowest BCUT2D eigenvalue weighted by atomic mass is 10.0. The normalized spacial score (nSPS) is 29.5. The van der Waals surface area contributed by atoms with Gasteiger partial charge < -0.3 is 9.64 Å². The van der Waals surface area contributed by atoms with Crippen molar-refractivity contribution in [3.63, 3.8) is 0 Å². The number of hydrogen-bond donors (Lipinski definition) is 0. The van der Waals surface area contributed by atoms with E-state index < -0.39 is 0 Å². The molecule has 0 bridgehead atoms. The van der Waals surface area contributed by atoms with Gasteiger partial charge in [-0.1, -0.05) is 0 Å². The van der Waals surface area contributed by atoms with Crippen LogP contribution in [0.1, 0.15) is 9.67 Å². The van der Waals surface area contributed by atoms with E-state index in [1.807, 2.05) is 6.07 Å². The summed E-state index contributed by atoms with van der Waals surface area (Å²) < 4.78 is 5.44. The molecule has 4 heteroatoms. The number of carbonyl (C=O) groups excluding carboxylic acids is 1. The molecule has 3 heterocycles. The fourth-order valence-electron chi connectivity index (χ4n) is 2.47. The molecule has 0 saturated carbocycles. The zero-order valence-electron chi connectivity index (χ0n) is 8.39. The first-order valence-electron chi connectivity index (χ1n) is 5.23. The fourth-order valence-corrected chi connectivity index (χ4v) is 3.19. The number of thiophene rings is 1. The summed E-state index contributed by atoms with van der Waals surface area (Å²) >= 11 is 1.52. The second kappa shape index (κ2) is 3.61. The molecule has 3 rings (SSSR count). The van der Waals surface area contributed by atoms with E-state index in [1.165, 1.54) is 17.0 Å². The van der Waals surface area contributed by atoms with E-state index in [-0.39, 0.29) is 0 Å². The minimum absolute atomic E-state index is 0.699. The Morgan fingerprint density at radius 3 is 2.73 bits per heavy atom. The summed E-state index contributed by atoms with van der Waals surface area (Å²) in [4.78, 5) is 13.8. The molecule has 2 unspecified atom stereocenters. The minimum Gasteiger partial charge on any atom is -0.381 e. The standard InChI is InChI=1S/C11H13NO2S/c13-4-11-1-10(7-15-11)12-2-8-5-14-6-9(8)3-12/h1,4,7-9H,2-3,5-6H2. The van der Waals surface area contributed by atoms with Crippen LogP contribution in [0.15, 0.2) is 11.4 Å². The molecule has 15 heavy (non-hydrogen) atoms. The molecule has 0 amide bonds. The molecular weight excluding hydrogens is 210 g/mol. The highest BCUT2D eigenvalue weighted by atomic mass is 32.1. The van der Waals surface area contributed by atoms with E-state index in [0.29, 0.717) is 11.8 Å². The summed E-state index contributed by atoms with van der Waals surface area (Å²) in [7, 11) is 0. The van der Waals surface area contributed by atoms with E-state index in [9.17, 15) is 4.79 Å². The van der Waals surface area contributed by atoms with Gasteiger partial charge in [-0.05, 0) is 6.07 Å². The van der Waals surface area contributed by atoms with Crippen LogP contribution in [0.5, 0.6) is 0 Å². The Labute approximate surface area is 92.6 Å². The summed E-state index contributed by atoms with van der Waals surface area (Å²) in [5.41, 5.74) is 1.21. The summed E-state index contributed by atoms with van der Waals surface area (Å²) in [5.74, 6) is 1.40. The molecule has 0 N–H and O–H groups in total. The Hall–Kier alpha value is -0.870. The van der Waals surface area contributed by atoms with E-state index in [0.717, 1.165) is 37.5 Å². The Kier molecular flexibility index (Phi) is 2.25. The van der Waals surface area contributed by atoms with Gasteiger partial charge in [-0.3, -0.25) is 4.79 Å². The second-order valence-electron chi connectivity index (χ2n) is 4.29. The lowest BCUT2D eigenvalue weighted by Crippen LogP contribution is -2.21. The second-order valence-corrected chi connectivity index (χ2v) is 5.23. The molecular formula is C11H13NO2S. The molecule has 0 aromatic carbocycles. The summed E-state index contributed by atoms with van der Waals surface area (Å²) in [6, 6.07) is 1.99. The molecule has 0 aliphatic carbocycles. The third kappa shape index (κ3) is 1.58. The number of hydrogen-bond acceptors (Lipinski definition) is 4. The number of nitrogens with zero attached hydrogens (tertiary/aromatic N) is 1. The third-order valence-electron chi connectivity index (χ3n) is 3.33. The van der Waals surface area contributed by atoms with Crippen LogP contribution in [0, 0.1) is 11.8 Å². The van der Waals surface area contributed by atoms with Crippen molar-refractivity contribution in [1.29, 1.82) is 0 Å². The van der Waals surface area contributed by atoms with Gasteiger partial charge in [0.15, 0.2) is 6.29 Å². The van der Waals surface area contributed by atoms with Crippen molar-refractivity contribution in [1.82, 2.24) is 0 Å². The van der Waals surface area contributed by atoms with Gasteiger partial charge in [0.25, 0.3) is 0 Å². The molecule has 2 atom stereocenters. The Bertz CT molecular complexity index is 364. The van der Waals surface area contributed by atoms with Crippen molar-refractivity contribution < 1.29 is 9.53 Å². The quantitative estimate of drug-likeness (QED) is 0.714. The van der Waals surface area contributed by atoms with E-state index in [4.69, 9.17) is 4.74 Å². The van der Waals surface area contributed by atoms with Crippen LogP contribution in [0.2, 0.25) is 0 Å². The van der Waals surface area contributed by atoms with Gasteiger partial charge in [0.05, 0.1) is 18.1 Å². The SMILES string of the molecule is O=Cc1cc(N2CC3COCC3C2)cs1. The maximum Gasteiger partial charge on any atom is 0.160 e. The first kappa shape index (κ1) is 9.36. The third-order valence-corrected chi connectivity index (χ3v) is 4.17. The van der Waals surface area contributed by atoms with Gasteiger partial charge in [-0.15, -0.1) is 11.3 Å². The average molecular weight is 223 g/mol. The molecule has 2 fully saturated rings. The average Bonchev–Trinajstić information content (AvgIpc) is 2.91. The Balaban J connectivity index is 1.76. The van der Waals surface area contributed by atoms with Crippen molar-refractivity contribution >= 4 is 23.3 Å². The molecule has 0 spiro atoms. The summed E-state index contributed by atoms with van der Waals surface area (Å²) in [5, 5.41) is 2.08. The van der Waals surface area contributed by atoms with Gasteiger partial charge >= 0.3 is 0 Å². The van der Waals surface area contributed by atoms with Crippen molar-refractivity contribution in [3.8, 4) is 0 Å². The predicted molar refractivity (Wildman–Crippen MR) is 59.7 cm³/mol. The van der Waals surface area contributed by atoms with Crippen LogP contribution in [0.25, 0.3) is 0 Å². The fraction of sp³-hybridized carbons (Fsp3) is 0.545. The first-order valence-corrected chi connectivity index (χ1v) is 6.11. The van der Waals surface area contributed by atoms with Gasteiger partial charge in [0.1, 0.15) is 0 Å². The molecule has 1 aromatic heterocycles. The van der Waals surface area contributed by atoms with E-state index in [2.05, 4.69) is 10.3 Å². The zero-order valence-corrected chi connectivity index (χ0v) is 9.20. The lowest BCUT2D eigenvalue weighted by Gasteiger charge is -2.17. The van der Waals surface area contributed by atoms with Crippen LogP contribution in [-0.4, -0.2) is 32.6 Å². The van der Waals surface area contributed by atoms with Crippen LogP contribution >= 0.6 is 11.3 Å². The maximum absolute atomic E-state index is 10.6. The van der Waals surface area contributed by atoms with Crippen LogP contribution < -0.4 is 4.90 Å². The smallest absolute Gasteiger partial charge is 0.160 e. The number of anilines is 1. The van der Waals surface area contributed by atoms with E-state index >= 15 is 0 Å². The topological polar surface area (TPSA) is 29.5 Å². The maximum atomic E-state index is 10.6. The number of aldehydes is 1. The minimum atomic E-state index is 0.699. The van der Waals surface area contributed by atoms with E-state index in [1.54, 1.807) is 0 Å². The summed E-state index contributed by atoms with van der Waals surface area (Å²) in [6.45, 7) is 3.98. The van der Waals surface area contributed by atoms with Crippen molar-refractivity contribution in [2.24, 2.45) is 11.8 Å². The Morgan fingerprint density at radius 2 is 2.13 bits per heavy atom. The van der Waals surface area contributed by atoms with Gasteiger partial charge in [-0.2, -0.15) is 0 Å². The van der Waals surface area contributed by atoms with Gasteiger partial charge in [0, 0.05) is 36.0 Å². The highest BCUT2D eigenvalue weighted by Gasteiger charge is 2.37. The molecule has 2 saturated heterocycles. The molecule has 3 nitrogen and oxygen atoms in total. The number of fused-ring (bicyclic) bond motifs is 1. The van der Waals surface area contributed by atoms with Gasteiger partial charge in [-0.25, -0.2) is 0 Å². The number of ether oxygens (including phenoxy) is 1. The number of carbonyl (C=O) groups is 1. The van der Waals surface area contributed by atoms with Crippen molar-refractivity contribution in [2.45, 2.75) is 0 Å². The largest absolute Gasteiger partial charge is 0.381 e. The number of rotatable bonds is 2. The molecule has 1 aromatic rings. The zero-order chi connectivity index (χ0) is 10.3. The van der Waals surface area contributed by atoms with Crippen molar-refractivity contribution in [2.75, 3.05) is 31.2 Å². The molecule has 80 valence electrons. The van der Waals surface area contributed by atoms with Crippen LogP contribution in [-0.2, 0) is 4.74 Å².